The van der Waals surface area contributed by atoms with Gasteiger partial charge in [-0.1, -0.05) is 12.1 Å². The maximum atomic E-state index is 13.6. The molecule has 0 aliphatic carbocycles. The molecule has 1 aliphatic rings. The van der Waals surface area contributed by atoms with Gasteiger partial charge in [0.15, 0.2) is 5.78 Å². The number of aromatic amines is 1. The van der Waals surface area contributed by atoms with Crippen molar-refractivity contribution >= 4 is 17.2 Å². The molecular weight excluding hydrogens is 425 g/mol. The van der Waals surface area contributed by atoms with Crippen LogP contribution in [0.15, 0.2) is 42.7 Å². The van der Waals surface area contributed by atoms with Gasteiger partial charge in [0.25, 0.3) is 0 Å². The number of nitrogens with zero attached hydrogens (tertiary/aromatic N) is 1. The number of alkyl halides is 3. The fourth-order valence-corrected chi connectivity index (χ4v) is 3.62. The van der Waals surface area contributed by atoms with Crippen molar-refractivity contribution in [1.82, 2.24) is 15.3 Å². The molecule has 2 aromatic heterocycles. The van der Waals surface area contributed by atoms with E-state index in [2.05, 4.69) is 20.6 Å². The van der Waals surface area contributed by atoms with Crippen molar-refractivity contribution in [3.05, 3.63) is 59.5 Å². The van der Waals surface area contributed by atoms with Crippen molar-refractivity contribution < 1.29 is 27.4 Å². The summed E-state index contributed by atoms with van der Waals surface area (Å²) < 4.78 is 51.5. The summed E-state index contributed by atoms with van der Waals surface area (Å²) in [4.78, 5) is 20.0. The van der Waals surface area contributed by atoms with Gasteiger partial charge in [0.05, 0.1) is 47.5 Å². The Morgan fingerprint density at radius 1 is 1.16 bits per heavy atom. The average Bonchev–Trinajstić information content (AvgIpc) is 3.13. The second-order valence-electron chi connectivity index (χ2n) is 7.14. The summed E-state index contributed by atoms with van der Waals surface area (Å²) in [6.45, 7) is 1.08. The summed E-state index contributed by atoms with van der Waals surface area (Å²) >= 11 is 0. The molecule has 7 nitrogen and oxygen atoms in total. The Balaban J connectivity index is 1.85. The van der Waals surface area contributed by atoms with Crippen LogP contribution in [0.3, 0.4) is 0 Å². The molecule has 32 heavy (non-hydrogen) atoms. The molecule has 3 aromatic rings. The highest BCUT2D eigenvalue weighted by atomic mass is 19.4. The number of benzene rings is 1. The van der Waals surface area contributed by atoms with Crippen LogP contribution in [-0.4, -0.2) is 42.6 Å². The summed E-state index contributed by atoms with van der Waals surface area (Å²) in [7, 11) is 1.55. The van der Waals surface area contributed by atoms with E-state index in [1.807, 2.05) is 0 Å². The zero-order valence-electron chi connectivity index (χ0n) is 17.2. The van der Waals surface area contributed by atoms with E-state index in [-0.39, 0.29) is 30.3 Å². The van der Waals surface area contributed by atoms with Gasteiger partial charge in [-0.3, -0.25) is 9.78 Å². The van der Waals surface area contributed by atoms with Crippen molar-refractivity contribution in [2.45, 2.75) is 12.7 Å². The van der Waals surface area contributed by atoms with Crippen molar-refractivity contribution in [2.24, 2.45) is 0 Å². The Hall–Kier alpha value is -3.37. The summed E-state index contributed by atoms with van der Waals surface area (Å²) in [5.74, 6) is 0.187. The number of hydrogen-bond donors (Lipinski definition) is 3. The first-order chi connectivity index (χ1) is 15.4. The summed E-state index contributed by atoms with van der Waals surface area (Å²) in [5.41, 5.74) is 1.22. The van der Waals surface area contributed by atoms with Crippen LogP contribution in [0.2, 0.25) is 0 Å². The molecule has 0 spiro atoms. The number of carbonyl (C=O) groups excluding carboxylic acids is 1. The van der Waals surface area contributed by atoms with Gasteiger partial charge in [-0.25, -0.2) is 0 Å². The first-order valence-corrected chi connectivity index (χ1v) is 9.88. The van der Waals surface area contributed by atoms with E-state index >= 15 is 0 Å². The molecule has 0 unspecified atom stereocenters. The van der Waals surface area contributed by atoms with Crippen molar-refractivity contribution in [3.8, 4) is 17.0 Å². The average molecular weight is 446 g/mol. The van der Waals surface area contributed by atoms with Crippen molar-refractivity contribution in [1.29, 1.82) is 0 Å². The summed E-state index contributed by atoms with van der Waals surface area (Å²) in [5, 5.41) is 5.87. The number of rotatable bonds is 7. The lowest BCUT2D eigenvalue weighted by Gasteiger charge is -2.18. The number of ether oxygens (including phenoxy) is 2. The highest BCUT2D eigenvalue weighted by Gasteiger charge is 2.35. The first-order valence-electron chi connectivity index (χ1n) is 9.88. The van der Waals surface area contributed by atoms with Crippen molar-refractivity contribution in [3.63, 3.8) is 0 Å². The van der Waals surface area contributed by atoms with E-state index < -0.39 is 11.7 Å². The number of para-hydroxylation sites is 1. The second-order valence-corrected chi connectivity index (χ2v) is 7.14. The summed E-state index contributed by atoms with van der Waals surface area (Å²) in [6.07, 6.45) is -1.50. The molecule has 168 valence electrons. The molecule has 0 fully saturated rings. The Kier molecular flexibility index (Phi) is 6.15. The number of anilines is 2. The Morgan fingerprint density at radius 2 is 1.97 bits per heavy atom. The molecule has 0 saturated heterocycles. The molecule has 10 heteroatoms. The molecule has 0 radical (unpaired) electrons. The number of halogens is 3. The Morgan fingerprint density at radius 3 is 2.75 bits per heavy atom. The highest BCUT2D eigenvalue weighted by molar-refractivity contribution is 6.08. The van der Waals surface area contributed by atoms with Gasteiger partial charge in [0, 0.05) is 31.1 Å². The standard InChI is InChI=1S/C22H21F3N4O3/c1-31-8-9-32-18-12-26-7-6-13(18)20-21(19-16(29-20)10-27-11-17(19)30)28-15-5-3-2-4-14(15)22(23,24)25/h2-7,12,27-29H,8-11H2,1H3. The van der Waals surface area contributed by atoms with Crippen LogP contribution < -0.4 is 15.4 Å². The number of H-pyrrole nitrogens is 1. The van der Waals surface area contributed by atoms with Gasteiger partial charge >= 0.3 is 6.18 Å². The Labute approximate surface area is 182 Å². The molecule has 0 atom stereocenters. The van der Waals surface area contributed by atoms with Crippen LogP contribution in [0.25, 0.3) is 11.3 Å². The quantitative estimate of drug-likeness (QED) is 0.473. The van der Waals surface area contributed by atoms with Crippen LogP contribution in [0.1, 0.15) is 21.6 Å². The minimum Gasteiger partial charge on any atom is -0.489 e. The number of carbonyl (C=O) groups is 1. The fraction of sp³-hybridized carbons (Fsp3) is 0.273. The van der Waals surface area contributed by atoms with Crippen LogP contribution in [0.5, 0.6) is 5.75 Å². The Bertz CT molecular complexity index is 1130. The molecule has 3 heterocycles. The molecule has 0 saturated carbocycles. The number of hydrogen-bond acceptors (Lipinski definition) is 6. The van der Waals surface area contributed by atoms with Gasteiger partial charge in [-0.2, -0.15) is 13.2 Å². The molecule has 0 amide bonds. The smallest absolute Gasteiger partial charge is 0.418 e. The summed E-state index contributed by atoms with van der Waals surface area (Å²) in [6, 6.07) is 6.83. The predicted molar refractivity (Wildman–Crippen MR) is 112 cm³/mol. The predicted octanol–water partition coefficient (Wildman–Crippen LogP) is 4.15. The van der Waals surface area contributed by atoms with E-state index in [9.17, 15) is 18.0 Å². The van der Waals surface area contributed by atoms with Gasteiger partial charge in [0.2, 0.25) is 0 Å². The van der Waals surface area contributed by atoms with Crippen LogP contribution in [0, 0.1) is 0 Å². The molecular formula is C22H21F3N4O3. The van der Waals surface area contributed by atoms with Crippen LogP contribution >= 0.6 is 0 Å². The van der Waals surface area contributed by atoms with E-state index in [1.165, 1.54) is 24.4 Å². The lowest BCUT2D eigenvalue weighted by Crippen LogP contribution is -2.29. The van der Waals surface area contributed by atoms with E-state index in [1.54, 1.807) is 19.4 Å². The molecule has 1 aromatic carbocycles. The first kappa shape index (κ1) is 21.8. The molecule has 3 N–H and O–H groups in total. The largest absolute Gasteiger partial charge is 0.489 e. The minimum absolute atomic E-state index is 0.0907. The van der Waals surface area contributed by atoms with E-state index in [4.69, 9.17) is 9.47 Å². The van der Waals surface area contributed by atoms with Crippen LogP contribution in [-0.2, 0) is 17.5 Å². The number of fused-ring (bicyclic) bond motifs is 1. The normalized spacial score (nSPS) is 13.7. The lowest BCUT2D eigenvalue weighted by molar-refractivity contribution is -0.136. The third-order valence-corrected chi connectivity index (χ3v) is 5.03. The number of ketones is 1. The fourth-order valence-electron chi connectivity index (χ4n) is 3.62. The third-order valence-electron chi connectivity index (χ3n) is 5.03. The zero-order valence-corrected chi connectivity index (χ0v) is 17.2. The van der Waals surface area contributed by atoms with E-state index in [0.717, 1.165) is 6.07 Å². The van der Waals surface area contributed by atoms with Crippen LogP contribution in [0.4, 0.5) is 24.5 Å². The van der Waals surface area contributed by atoms with Gasteiger partial charge < -0.3 is 25.1 Å². The molecule has 4 rings (SSSR count). The monoisotopic (exact) mass is 446 g/mol. The van der Waals surface area contributed by atoms with Gasteiger partial charge in [0.1, 0.15) is 12.4 Å². The molecule has 1 aliphatic heterocycles. The third kappa shape index (κ3) is 4.32. The maximum Gasteiger partial charge on any atom is 0.418 e. The number of methoxy groups -OCH3 is 1. The molecule has 0 bridgehead atoms. The van der Waals surface area contributed by atoms with Gasteiger partial charge in [-0.15, -0.1) is 0 Å². The number of nitrogens with one attached hydrogen (secondary N) is 3. The highest BCUT2D eigenvalue weighted by Crippen LogP contribution is 2.42. The number of Topliss-reactive ketones (excluding diaryl/α,β-unsaturated/α-hetero) is 1. The lowest BCUT2D eigenvalue weighted by atomic mass is 10.0. The zero-order chi connectivity index (χ0) is 22.7. The minimum atomic E-state index is -4.56. The van der Waals surface area contributed by atoms with Crippen molar-refractivity contribution in [2.75, 3.05) is 32.2 Å². The maximum absolute atomic E-state index is 13.6. The number of pyridine rings is 1. The SMILES string of the molecule is COCCOc1cnccc1-c1[nH]c2c(c1Nc1ccccc1C(F)(F)F)C(=O)CNC2. The number of aromatic nitrogens is 2. The second kappa shape index (κ2) is 9.01. The van der Waals surface area contributed by atoms with Gasteiger partial charge in [-0.05, 0) is 18.2 Å². The topological polar surface area (TPSA) is 88.3 Å². The van der Waals surface area contributed by atoms with E-state index in [0.29, 0.717) is 41.4 Å².